The average molecular weight is 491 g/mol. The van der Waals surface area contributed by atoms with Crippen LogP contribution in [0.5, 0.6) is 0 Å². The maximum atomic E-state index is 10.5. The molecule has 0 spiro atoms. The lowest BCUT2D eigenvalue weighted by Crippen LogP contribution is -2.30. The van der Waals surface area contributed by atoms with Crippen LogP contribution in [0.25, 0.3) is 0 Å². The zero-order valence-corrected chi connectivity index (χ0v) is 20.9. The molecule has 4 heteroatoms. The Labute approximate surface area is 223 Å². The van der Waals surface area contributed by atoms with Crippen molar-refractivity contribution >= 4 is 0 Å². The largest absolute Gasteiger partial charge is 0.259 e. The second-order valence-corrected chi connectivity index (χ2v) is 9.37. The van der Waals surface area contributed by atoms with Crippen LogP contribution < -0.4 is 0 Å². The number of aromatic nitrogens is 2. The van der Waals surface area contributed by atoms with Crippen LogP contribution in [0.2, 0.25) is 0 Å². The highest BCUT2D eigenvalue weighted by molar-refractivity contribution is 5.47. The van der Waals surface area contributed by atoms with Gasteiger partial charge in [0.05, 0.1) is 23.5 Å². The quantitative estimate of drug-likeness (QED) is 0.246. The minimum Gasteiger partial charge on any atom is -0.259 e. The van der Waals surface area contributed by atoms with Gasteiger partial charge in [0.1, 0.15) is 10.8 Å². The van der Waals surface area contributed by atoms with Crippen molar-refractivity contribution in [2.45, 2.75) is 23.7 Å². The van der Waals surface area contributed by atoms with Gasteiger partial charge < -0.3 is 0 Å². The number of hydrogen-bond acceptors (Lipinski definition) is 4. The lowest BCUT2D eigenvalue weighted by atomic mass is 9.72. The molecule has 0 amide bonds. The molecule has 5 aromatic rings. The summed E-state index contributed by atoms with van der Waals surface area (Å²) in [5.74, 6) is 0. The van der Waals surface area contributed by atoms with Gasteiger partial charge in [-0.25, -0.2) is 0 Å². The predicted octanol–water partition coefficient (Wildman–Crippen LogP) is 6.58. The molecule has 182 valence electrons. The Kier molecular flexibility index (Phi) is 7.07. The van der Waals surface area contributed by atoms with Crippen molar-refractivity contribution in [1.29, 1.82) is 10.5 Å². The van der Waals surface area contributed by atoms with E-state index in [4.69, 9.17) is 0 Å². The molecule has 38 heavy (non-hydrogen) atoms. The van der Waals surface area contributed by atoms with Crippen LogP contribution in [0.1, 0.15) is 33.6 Å². The number of benzene rings is 3. The number of pyridine rings is 2. The molecular weight excluding hydrogens is 464 g/mol. The zero-order valence-electron chi connectivity index (χ0n) is 20.9. The molecule has 0 bridgehead atoms. The molecule has 2 heterocycles. The van der Waals surface area contributed by atoms with Gasteiger partial charge in [0.15, 0.2) is 0 Å². The first kappa shape index (κ1) is 24.6. The van der Waals surface area contributed by atoms with Gasteiger partial charge in [0, 0.05) is 25.2 Å². The second kappa shape index (κ2) is 10.9. The average Bonchev–Trinajstić information content (AvgIpc) is 3.01. The molecule has 0 aliphatic heterocycles. The lowest BCUT2D eigenvalue weighted by Gasteiger charge is -2.28. The van der Waals surface area contributed by atoms with E-state index in [-0.39, 0.29) is 0 Å². The van der Waals surface area contributed by atoms with Crippen molar-refractivity contribution in [2.75, 3.05) is 0 Å². The summed E-state index contributed by atoms with van der Waals surface area (Å²) in [6, 6.07) is 44.5. The van der Waals surface area contributed by atoms with E-state index >= 15 is 0 Å². The van der Waals surface area contributed by atoms with E-state index in [0.717, 1.165) is 33.6 Å². The number of rotatable bonds is 8. The fraction of sp³-hybridized carbons (Fsp3) is 0.118. The summed E-state index contributed by atoms with van der Waals surface area (Å²) in [7, 11) is 0. The molecule has 3 aromatic carbocycles. The topological polar surface area (TPSA) is 73.4 Å². The van der Waals surface area contributed by atoms with Crippen molar-refractivity contribution in [2.24, 2.45) is 0 Å². The minimum absolute atomic E-state index is 0.479. The molecule has 0 unspecified atom stereocenters. The van der Waals surface area contributed by atoms with Crippen molar-refractivity contribution in [3.05, 3.63) is 167 Å². The van der Waals surface area contributed by atoms with Crippen LogP contribution in [0.4, 0.5) is 0 Å². The van der Waals surface area contributed by atoms with Gasteiger partial charge in [0.25, 0.3) is 0 Å². The first-order valence-electron chi connectivity index (χ1n) is 12.5. The summed E-state index contributed by atoms with van der Waals surface area (Å²) < 4.78 is 0. The Balaban J connectivity index is 1.50. The van der Waals surface area contributed by atoms with Crippen LogP contribution in [0.3, 0.4) is 0 Å². The molecule has 5 rings (SSSR count). The summed E-state index contributed by atoms with van der Waals surface area (Å²) in [5.41, 5.74) is 3.47. The van der Waals surface area contributed by atoms with Crippen molar-refractivity contribution < 1.29 is 0 Å². The van der Waals surface area contributed by atoms with Gasteiger partial charge in [-0.1, -0.05) is 97.1 Å². The van der Waals surface area contributed by atoms with Gasteiger partial charge in [-0.3, -0.25) is 9.97 Å². The molecule has 0 aliphatic carbocycles. The van der Waals surface area contributed by atoms with Crippen molar-refractivity contribution in [3.63, 3.8) is 0 Å². The maximum Gasteiger partial charge on any atom is 0.128 e. The first-order chi connectivity index (χ1) is 18.7. The predicted molar refractivity (Wildman–Crippen MR) is 148 cm³/mol. The Morgan fingerprint density at radius 3 is 1.16 bits per heavy atom. The summed E-state index contributed by atoms with van der Waals surface area (Å²) in [6.07, 6.45) is 4.42. The SMILES string of the molecule is N#C[C@](Cc1ccc(C[C@@](C#N)(c2ccccc2)c2ccccn2)cc1)(c1ccccc1)c1ccccn1. The van der Waals surface area contributed by atoms with E-state index in [0.29, 0.717) is 12.8 Å². The third-order valence-corrected chi connectivity index (χ3v) is 7.08. The van der Waals surface area contributed by atoms with E-state index in [1.165, 1.54) is 0 Å². The van der Waals surface area contributed by atoms with Crippen LogP contribution in [0.15, 0.2) is 134 Å². The van der Waals surface area contributed by atoms with Crippen molar-refractivity contribution in [1.82, 2.24) is 9.97 Å². The normalized spacial score (nSPS) is 13.8. The molecule has 2 atom stereocenters. The van der Waals surface area contributed by atoms with Crippen LogP contribution in [0, 0.1) is 22.7 Å². The number of hydrogen-bond donors (Lipinski definition) is 0. The molecule has 0 aliphatic rings. The van der Waals surface area contributed by atoms with Crippen LogP contribution in [-0.2, 0) is 23.7 Å². The Bertz CT molecular complexity index is 1350. The Morgan fingerprint density at radius 1 is 0.474 bits per heavy atom. The van der Waals surface area contributed by atoms with Gasteiger partial charge in [0.2, 0.25) is 0 Å². The first-order valence-corrected chi connectivity index (χ1v) is 12.5. The van der Waals surface area contributed by atoms with Crippen LogP contribution >= 0.6 is 0 Å². The van der Waals surface area contributed by atoms with E-state index in [1.54, 1.807) is 12.4 Å². The minimum atomic E-state index is -0.918. The summed E-state index contributed by atoms with van der Waals surface area (Å²) in [5, 5.41) is 21.0. The third-order valence-electron chi connectivity index (χ3n) is 7.08. The standard InChI is InChI=1S/C34H26N4/c35-25-33(29-11-3-1-4-12-29,31-15-7-9-21-37-31)23-27-17-19-28(20-18-27)24-34(26-36,30-13-5-2-6-14-30)32-16-8-10-22-38-32/h1-22H,23-24H2/t33-,34-/m1/s1. The van der Waals surface area contributed by atoms with Gasteiger partial charge in [-0.2, -0.15) is 10.5 Å². The summed E-state index contributed by atoms with van der Waals surface area (Å²) in [4.78, 5) is 9.15. The number of nitrogens with zero attached hydrogens (tertiary/aromatic N) is 4. The molecule has 2 aromatic heterocycles. The molecule has 0 saturated heterocycles. The van der Waals surface area contributed by atoms with Crippen LogP contribution in [-0.4, -0.2) is 9.97 Å². The molecule has 4 nitrogen and oxygen atoms in total. The summed E-state index contributed by atoms with van der Waals surface area (Å²) >= 11 is 0. The highest BCUT2D eigenvalue weighted by Crippen LogP contribution is 2.36. The zero-order chi connectivity index (χ0) is 26.3. The van der Waals surface area contributed by atoms with Gasteiger partial charge in [-0.15, -0.1) is 0 Å². The highest BCUT2D eigenvalue weighted by Gasteiger charge is 2.38. The highest BCUT2D eigenvalue weighted by atomic mass is 14.7. The fourth-order valence-corrected chi connectivity index (χ4v) is 5.07. The number of nitriles is 2. The Morgan fingerprint density at radius 2 is 0.842 bits per heavy atom. The maximum absolute atomic E-state index is 10.5. The van der Waals surface area contributed by atoms with E-state index in [9.17, 15) is 10.5 Å². The molecule has 0 fully saturated rings. The molecule has 0 saturated carbocycles. The lowest BCUT2D eigenvalue weighted by molar-refractivity contribution is 0.624. The van der Waals surface area contributed by atoms with Gasteiger partial charge in [-0.05, 0) is 46.5 Å². The third kappa shape index (κ3) is 4.69. The van der Waals surface area contributed by atoms with Crippen molar-refractivity contribution in [3.8, 4) is 12.1 Å². The molecule has 0 N–H and O–H groups in total. The fourth-order valence-electron chi connectivity index (χ4n) is 5.07. The van der Waals surface area contributed by atoms with Gasteiger partial charge >= 0.3 is 0 Å². The van der Waals surface area contributed by atoms with E-state index in [1.807, 2.05) is 97.1 Å². The van der Waals surface area contributed by atoms with E-state index in [2.05, 4.69) is 46.4 Å². The second-order valence-electron chi connectivity index (χ2n) is 9.37. The monoisotopic (exact) mass is 490 g/mol. The smallest absolute Gasteiger partial charge is 0.128 e. The Hall–Kier alpha value is -5.06. The molecular formula is C34H26N4. The molecule has 0 radical (unpaired) electrons. The van der Waals surface area contributed by atoms with E-state index < -0.39 is 10.8 Å². The summed E-state index contributed by atoms with van der Waals surface area (Å²) in [6.45, 7) is 0.